The SMILES string of the molecule is Cc1cc2oc(=O)cc(C[NH2+]C[C@@H](c3ccco3)[NH+]3CCCCC3)c2cc1Cl. The van der Waals surface area contributed by atoms with Crippen molar-refractivity contribution >= 4 is 22.6 Å². The summed E-state index contributed by atoms with van der Waals surface area (Å²) in [6.07, 6.45) is 5.62. The molecule has 0 spiro atoms. The topological polar surface area (TPSA) is 64.4 Å². The molecule has 1 aliphatic heterocycles. The highest BCUT2D eigenvalue weighted by molar-refractivity contribution is 6.32. The second-order valence-electron chi connectivity index (χ2n) is 7.70. The zero-order valence-electron chi connectivity index (χ0n) is 16.2. The maximum atomic E-state index is 12.0. The number of hydrogen-bond acceptors (Lipinski definition) is 3. The van der Waals surface area contributed by atoms with Crippen LogP contribution in [0.3, 0.4) is 0 Å². The number of nitrogens with two attached hydrogens (primary N) is 1. The van der Waals surface area contributed by atoms with E-state index >= 15 is 0 Å². The van der Waals surface area contributed by atoms with E-state index < -0.39 is 0 Å². The molecule has 6 heteroatoms. The van der Waals surface area contributed by atoms with Crippen molar-refractivity contribution in [1.29, 1.82) is 0 Å². The Morgan fingerprint density at radius 2 is 2.04 bits per heavy atom. The summed E-state index contributed by atoms with van der Waals surface area (Å²) in [5.74, 6) is 1.05. The molecule has 2 aromatic heterocycles. The summed E-state index contributed by atoms with van der Waals surface area (Å²) in [5.41, 5.74) is 2.15. The van der Waals surface area contributed by atoms with Crippen LogP contribution in [-0.2, 0) is 6.54 Å². The van der Waals surface area contributed by atoms with Gasteiger partial charge < -0.3 is 19.1 Å². The summed E-state index contributed by atoms with van der Waals surface area (Å²) < 4.78 is 11.1. The Morgan fingerprint density at radius 1 is 1.21 bits per heavy atom. The lowest BCUT2D eigenvalue weighted by Gasteiger charge is -2.29. The van der Waals surface area contributed by atoms with Crippen molar-refractivity contribution in [3.63, 3.8) is 0 Å². The Bertz CT molecular complexity index is 991. The molecular formula is C22H27ClN2O3+2. The van der Waals surface area contributed by atoms with Gasteiger partial charge in [-0.25, -0.2) is 4.79 Å². The van der Waals surface area contributed by atoms with Gasteiger partial charge in [0.2, 0.25) is 0 Å². The minimum Gasteiger partial charge on any atom is -0.463 e. The number of nitrogens with one attached hydrogen (secondary N) is 1. The van der Waals surface area contributed by atoms with Gasteiger partial charge in [-0.1, -0.05) is 11.6 Å². The maximum Gasteiger partial charge on any atom is 0.336 e. The predicted molar refractivity (Wildman–Crippen MR) is 109 cm³/mol. The fourth-order valence-electron chi connectivity index (χ4n) is 4.25. The van der Waals surface area contributed by atoms with Gasteiger partial charge in [-0.3, -0.25) is 0 Å². The number of aryl methyl sites for hydroxylation is 1. The summed E-state index contributed by atoms with van der Waals surface area (Å²) >= 11 is 6.31. The molecule has 0 radical (unpaired) electrons. The van der Waals surface area contributed by atoms with Crippen molar-refractivity contribution < 1.29 is 19.1 Å². The second kappa shape index (κ2) is 8.52. The van der Waals surface area contributed by atoms with Crippen LogP contribution in [0.4, 0.5) is 0 Å². The van der Waals surface area contributed by atoms with E-state index in [0.717, 1.165) is 28.8 Å². The normalized spacial score (nSPS) is 16.5. The highest BCUT2D eigenvalue weighted by Crippen LogP contribution is 2.24. The Labute approximate surface area is 169 Å². The maximum absolute atomic E-state index is 12.0. The average molecular weight is 403 g/mol. The van der Waals surface area contributed by atoms with Gasteiger partial charge in [0.05, 0.1) is 19.4 Å². The Hall–Kier alpha value is -2.08. The lowest BCUT2D eigenvalue weighted by Crippen LogP contribution is -3.15. The fraction of sp³-hybridized carbons (Fsp3) is 0.409. The molecule has 148 valence electrons. The quantitative estimate of drug-likeness (QED) is 0.621. The van der Waals surface area contributed by atoms with Crippen LogP contribution >= 0.6 is 11.6 Å². The van der Waals surface area contributed by atoms with Crippen molar-refractivity contribution in [3.05, 3.63) is 68.9 Å². The van der Waals surface area contributed by atoms with Gasteiger partial charge >= 0.3 is 5.63 Å². The van der Waals surface area contributed by atoms with E-state index in [1.54, 1.807) is 17.2 Å². The number of fused-ring (bicyclic) bond motifs is 1. The van der Waals surface area contributed by atoms with Gasteiger partial charge in [-0.2, -0.15) is 0 Å². The first kappa shape index (κ1) is 19.2. The molecule has 4 rings (SSSR count). The number of halogens is 1. The van der Waals surface area contributed by atoms with Crippen LogP contribution in [0.2, 0.25) is 5.02 Å². The molecule has 3 aromatic rings. The second-order valence-corrected chi connectivity index (χ2v) is 8.11. The van der Waals surface area contributed by atoms with Crippen LogP contribution in [0.1, 0.15) is 42.2 Å². The van der Waals surface area contributed by atoms with Crippen molar-refractivity contribution in [2.45, 2.75) is 38.8 Å². The molecule has 5 nitrogen and oxygen atoms in total. The summed E-state index contributed by atoms with van der Waals surface area (Å²) in [6.45, 7) is 5.89. The largest absolute Gasteiger partial charge is 0.463 e. The van der Waals surface area contributed by atoms with Crippen molar-refractivity contribution in [2.24, 2.45) is 0 Å². The Kier molecular flexibility index (Phi) is 5.85. The van der Waals surface area contributed by atoms with E-state index in [9.17, 15) is 4.79 Å². The molecule has 3 N–H and O–H groups in total. The van der Waals surface area contributed by atoms with Crippen molar-refractivity contribution in [3.8, 4) is 0 Å². The third kappa shape index (κ3) is 4.17. The van der Waals surface area contributed by atoms with Crippen molar-refractivity contribution in [2.75, 3.05) is 19.6 Å². The van der Waals surface area contributed by atoms with Crippen LogP contribution in [0.5, 0.6) is 0 Å². The van der Waals surface area contributed by atoms with E-state index in [0.29, 0.717) is 23.2 Å². The molecular weight excluding hydrogens is 376 g/mol. The predicted octanol–water partition coefficient (Wildman–Crippen LogP) is 2.22. The van der Waals surface area contributed by atoms with E-state index in [4.69, 9.17) is 20.4 Å². The number of quaternary nitrogens is 2. The number of rotatable bonds is 6. The van der Waals surface area contributed by atoms with Gasteiger partial charge in [0.1, 0.15) is 18.7 Å². The molecule has 1 fully saturated rings. The zero-order valence-corrected chi connectivity index (χ0v) is 16.9. The summed E-state index contributed by atoms with van der Waals surface area (Å²) in [6, 6.07) is 9.69. The lowest BCUT2D eigenvalue weighted by molar-refractivity contribution is -0.951. The molecule has 0 unspecified atom stereocenters. The number of benzene rings is 1. The first-order chi connectivity index (χ1) is 13.6. The Morgan fingerprint density at radius 3 is 2.79 bits per heavy atom. The van der Waals surface area contributed by atoms with E-state index in [2.05, 4.69) is 11.4 Å². The van der Waals surface area contributed by atoms with Crippen LogP contribution in [0, 0.1) is 6.92 Å². The molecule has 28 heavy (non-hydrogen) atoms. The monoisotopic (exact) mass is 402 g/mol. The van der Waals surface area contributed by atoms with E-state index in [1.807, 2.05) is 25.1 Å². The standard InChI is InChI=1S/C22H25ClN2O3/c1-15-10-21-17(12-18(15)23)16(11-22(26)28-21)13-24-14-19(20-6-5-9-27-20)25-7-3-2-4-8-25/h5-6,9-12,19,24H,2-4,7-8,13-14H2,1H3/p+2/t19-/m0/s1. The highest BCUT2D eigenvalue weighted by atomic mass is 35.5. The number of likely N-dealkylation sites (tertiary alicyclic amines) is 1. The van der Waals surface area contributed by atoms with Gasteiger partial charge in [-0.05, 0) is 56.0 Å². The fourth-order valence-corrected chi connectivity index (χ4v) is 4.41. The molecule has 1 aliphatic rings. The molecule has 1 aromatic carbocycles. The van der Waals surface area contributed by atoms with Crippen LogP contribution in [0.15, 0.2) is 50.2 Å². The molecule has 1 atom stereocenters. The smallest absolute Gasteiger partial charge is 0.336 e. The van der Waals surface area contributed by atoms with Gasteiger partial charge in [0, 0.05) is 22.0 Å². The first-order valence-electron chi connectivity index (χ1n) is 10.0. The highest BCUT2D eigenvalue weighted by Gasteiger charge is 2.29. The molecule has 0 amide bonds. The van der Waals surface area contributed by atoms with Crippen LogP contribution in [0.25, 0.3) is 11.0 Å². The summed E-state index contributed by atoms with van der Waals surface area (Å²) in [4.78, 5) is 13.6. The van der Waals surface area contributed by atoms with Gasteiger partial charge in [0.25, 0.3) is 0 Å². The zero-order chi connectivity index (χ0) is 19.5. The number of piperidine rings is 1. The first-order valence-corrected chi connectivity index (χ1v) is 10.4. The average Bonchev–Trinajstić information content (AvgIpc) is 3.21. The van der Waals surface area contributed by atoms with Crippen LogP contribution in [-0.4, -0.2) is 19.6 Å². The van der Waals surface area contributed by atoms with Gasteiger partial charge in [0.15, 0.2) is 11.8 Å². The van der Waals surface area contributed by atoms with E-state index in [-0.39, 0.29) is 5.63 Å². The third-order valence-corrected chi connectivity index (χ3v) is 6.16. The number of furan rings is 1. The molecule has 1 saturated heterocycles. The third-order valence-electron chi connectivity index (χ3n) is 5.75. The van der Waals surface area contributed by atoms with Crippen molar-refractivity contribution in [1.82, 2.24) is 0 Å². The molecule has 0 saturated carbocycles. The van der Waals surface area contributed by atoms with Gasteiger partial charge in [-0.15, -0.1) is 0 Å². The molecule has 0 aliphatic carbocycles. The molecule has 0 bridgehead atoms. The Balaban J connectivity index is 1.53. The minimum absolute atomic E-state index is 0.318. The lowest BCUT2D eigenvalue weighted by atomic mass is 10.1. The number of hydrogen-bond donors (Lipinski definition) is 2. The molecule has 3 heterocycles. The summed E-state index contributed by atoms with van der Waals surface area (Å²) in [5, 5.41) is 3.86. The summed E-state index contributed by atoms with van der Waals surface area (Å²) in [7, 11) is 0. The minimum atomic E-state index is -0.318. The van der Waals surface area contributed by atoms with E-state index in [1.165, 1.54) is 32.4 Å². The van der Waals surface area contributed by atoms with Crippen LogP contribution < -0.4 is 15.8 Å².